The van der Waals surface area contributed by atoms with Crippen LogP contribution in [0.5, 0.6) is 0 Å². The Morgan fingerprint density at radius 2 is 2.38 bits per heavy atom. The fourth-order valence-corrected chi connectivity index (χ4v) is 3.38. The van der Waals surface area contributed by atoms with E-state index in [1.165, 1.54) is 6.42 Å². The third kappa shape index (κ3) is 3.64. The van der Waals surface area contributed by atoms with E-state index < -0.39 is 0 Å². The lowest BCUT2D eigenvalue weighted by atomic mass is 9.97. The molecule has 0 aliphatic carbocycles. The molecular weight excluding hydrogens is 266 g/mol. The van der Waals surface area contributed by atoms with E-state index in [1.807, 2.05) is 24.3 Å². The molecule has 0 saturated carbocycles. The molecule has 1 saturated heterocycles. The molecule has 2 aliphatic heterocycles. The van der Waals surface area contributed by atoms with Crippen LogP contribution < -0.4 is 0 Å². The molecule has 1 amide bonds. The topological polar surface area (TPSA) is 47.4 Å². The van der Waals surface area contributed by atoms with Gasteiger partial charge in [0, 0.05) is 45.6 Å². The number of ether oxygens (including phenoxy) is 1. The number of hydrogen-bond donors (Lipinski definition) is 0. The second-order valence-electron chi connectivity index (χ2n) is 6.36. The van der Waals surface area contributed by atoms with Crippen molar-refractivity contribution in [1.29, 1.82) is 0 Å². The molecule has 0 N–H and O–H groups in total. The number of nitrogens with zero attached hydrogens (tertiary/aromatic N) is 3. The number of carbonyl (C=O) groups is 1. The lowest BCUT2D eigenvalue weighted by Gasteiger charge is -2.29. The number of imidazole rings is 1. The van der Waals surface area contributed by atoms with Crippen molar-refractivity contribution in [2.24, 2.45) is 5.92 Å². The van der Waals surface area contributed by atoms with Crippen LogP contribution in [0, 0.1) is 5.92 Å². The highest BCUT2D eigenvalue weighted by Crippen LogP contribution is 2.21. The van der Waals surface area contributed by atoms with Crippen LogP contribution in [0.15, 0.2) is 12.4 Å². The molecule has 5 nitrogen and oxygen atoms in total. The van der Waals surface area contributed by atoms with Gasteiger partial charge in [0.2, 0.25) is 5.91 Å². The fraction of sp³-hybridized carbons (Fsp3) is 0.750. The summed E-state index contributed by atoms with van der Waals surface area (Å²) in [6.07, 6.45) is 10.0. The van der Waals surface area contributed by atoms with Crippen molar-refractivity contribution < 1.29 is 9.53 Å². The number of rotatable bonds is 4. The third-order valence-electron chi connectivity index (χ3n) is 4.69. The number of aromatic nitrogens is 2. The summed E-state index contributed by atoms with van der Waals surface area (Å²) in [5.74, 6) is 1.90. The summed E-state index contributed by atoms with van der Waals surface area (Å²) in [4.78, 5) is 18.6. The van der Waals surface area contributed by atoms with Crippen molar-refractivity contribution in [3.8, 4) is 0 Å². The highest BCUT2D eigenvalue weighted by molar-refractivity contribution is 5.76. The van der Waals surface area contributed by atoms with Gasteiger partial charge in [-0.25, -0.2) is 4.98 Å². The van der Waals surface area contributed by atoms with Crippen LogP contribution in [0.2, 0.25) is 0 Å². The minimum Gasteiger partial charge on any atom is -0.378 e. The van der Waals surface area contributed by atoms with Gasteiger partial charge in [-0.2, -0.15) is 0 Å². The average molecular weight is 291 g/mol. The summed E-state index contributed by atoms with van der Waals surface area (Å²) in [7, 11) is 1.92. The summed E-state index contributed by atoms with van der Waals surface area (Å²) < 4.78 is 7.88. The minimum absolute atomic E-state index is 0.138. The smallest absolute Gasteiger partial charge is 0.224 e. The lowest BCUT2D eigenvalue weighted by Crippen LogP contribution is -2.37. The zero-order chi connectivity index (χ0) is 14.7. The molecule has 1 aromatic heterocycles. The SMILES string of the molecule is CN(C[C@@H]1CCn2ccnc2C1)C(=O)C[C@H]1CCCCO1. The third-order valence-corrected chi connectivity index (χ3v) is 4.69. The molecular formula is C16H25N3O2. The first-order valence-corrected chi connectivity index (χ1v) is 8.08. The van der Waals surface area contributed by atoms with Gasteiger partial charge in [0.15, 0.2) is 0 Å². The van der Waals surface area contributed by atoms with Gasteiger partial charge in [0.25, 0.3) is 0 Å². The molecule has 2 aliphatic rings. The average Bonchev–Trinajstić information content (AvgIpc) is 2.95. The van der Waals surface area contributed by atoms with E-state index in [4.69, 9.17) is 4.74 Å². The monoisotopic (exact) mass is 291 g/mol. The summed E-state index contributed by atoms with van der Waals surface area (Å²) in [5.41, 5.74) is 0. The molecule has 3 rings (SSSR count). The maximum Gasteiger partial charge on any atom is 0.224 e. The molecule has 1 aromatic rings. The first kappa shape index (κ1) is 14.6. The van der Waals surface area contributed by atoms with Crippen LogP contribution in [0.4, 0.5) is 0 Å². The van der Waals surface area contributed by atoms with Crippen LogP contribution in [0.25, 0.3) is 0 Å². The van der Waals surface area contributed by atoms with Crippen molar-refractivity contribution in [3.05, 3.63) is 18.2 Å². The second-order valence-corrected chi connectivity index (χ2v) is 6.36. The fourth-order valence-electron chi connectivity index (χ4n) is 3.38. The van der Waals surface area contributed by atoms with Gasteiger partial charge in [-0.15, -0.1) is 0 Å². The molecule has 116 valence electrons. The standard InChI is InChI=1S/C16H25N3O2/c1-18(16(20)11-14-4-2-3-9-21-14)12-13-5-7-19-8-6-17-15(19)10-13/h6,8,13-14H,2-5,7,9-12H2,1H3/t13-,14-/m1/s1. The number of fused-ring (bicyclic) bond motifs is 1. The molecule has 0 unspecified atom stereocenters. The Morgan fingerprint density at radius 3 is 3.19 bits per heavy atom. The van der Waals surface area contributed by atoms with Crippen LogP contribution >= 0.6 is 0 Å². The normalized spacial score (nSPS) is 25.4. The summed E-state index contributed by atoms with van der Waals surface area (Å²) in [5, 5.41) is 0. The number of hydrogen-bond acceptors (Lipinski definition) is 3. The number of amides is 1. The van der Waals surface area contributed by atoms with Gasteiger partial charge < -0.3 is 14.2 Å². The molecule has 0 aromatic carbocycles. The van der Waals surface area contributed by atoms with Gasteiger partial charge >= 0.3 is 0 Å². The predicted octanol–water partition coefficient (Wildman–Crippen LogP) is 1.86. The van der Waals surface area contributed by atoms with E-state index in [2.05, 4.69) is 9.55 Å². The van der Waals surface area contributed by atoms with Crippen LogP contribution in [-0.4, -0.2) is 46.7 Å². The Bertz CT molecular complexity index is 480. The lowest BCUT2D eigenvalue weighted by molar-refractivity contribution is -0.134. The Labute approximate surface area is 126 Å². The summed E-state index contributed by atoms with van der Waals surface area (Å²) in [6, 6.07) is 0. The molecule has 0 bridgehead atoms. The van der Waals surface area contributed by atoms with E-state index in [-0.39, 0.29) is 12.0 Å². The summed E-state index contributed by atoms with van der Waals surface area (Å²) in [6.45, 7) is 2.67. The maximum absolute atomic E-state index is 12.3. The van der Waals surface area contributed by atoms with Gasteiger partial charge in [-0.1, -0.05) is 0 Å². The zero-order valence-corrected chi connectivity index (χ0v) is 12.8. The number of aryl methyl sites for hydroxylation is 1. The summed E-state index contributed by atoms with van der Waals surface area (Å²) >= 11 is 0. The largest absolute Gasteiger partial charge is 0.378 e. The van der Waals surface area contributed by atoms with Gasteiger partial charge in [0.1, 0.15) is 5.82 Å². The highest BCUT2D eigenvalue weighted by Gasteiger charge is 2.24. The molecule has 0 spiro atoms. The van der Waals surface area contributed by atoms with Crippen molar-refractivity contribution >= 4 is 5.91 Å². The Kier molecular flexibility index (Phi) is 4.58. The molecule has 1 fully saturated rings. The van der Waals surface area contributed by atoms with Crippen LogP contribution in [0.3, 0.4) is 0 Å². The van der Waals surface area contributed by atoms with Gasteiger partial charge in [-0.3, -0.25) is 4.79 Å². The van der Waals surface area contributed by atoms with Crippen molar-refractivity contribution in [2.75, 3.05) is 20.2 Å². The number of carbonyl (C=O) groups excluding carboxylic acids is 1. The van der Waals surface area contributed by atoms with Gasteiger partial charge in [0.05, 0.1) is 12.5 Å². The van der Waals surface area contributed by atoms with E-state index in [0.29, 0.717) is 12.3 Å². The quantitative estimate of drug-likeness (QED) is 0.851. The molecule has 5 heteroatoms. The van der Waals surface area contributed by atoms with Crippen LogP contribution in [0.1, 0.15) is 37.9 Å². The second kappa shape index (κ2) is 6.60. The van der Waals surface area contributed by atoms with Crippen LogP contribution in [-0.2, 0) is 22.5 Å². The zero-order valence-electron chi connectivity index (χ0n) is 12.8. The minimum atomic E-state index is 0.138. The van der Waals surface area contributed by atoms with E-state index in [0.717, 1.165) is 51.2 Å². The first-order valence-electron chi connectivity index (χ1n) is 8.08. The van der Waals surface area contributed by atoms with E-state index in [1.54, 1.807) is 0 Å². The molecule has 0 radical (unpaired) electrons. The molecule has 2 atom stereocenters. The molecule has 21 heavy (non-hydrogen) atoms. The highest BCUT2D eigenvalue weighted by atomic mass is 16.5. The first-order chi connectivity index (χ1) is 10.2. The van der Waals surface area contributed by atoms with Gasteiger partial charge in [-0.05, 0) is 31.6 Å². The van der Waals surface area contributed by atoms with Crippen molar-refractivity contribution in [3.63, 3.8) is 0 Å². The van der Waals surface area contributed by atoms with Crippen molar-refractivity contribution in [2.45, 2.75) is 51.2 Å². The van der Waals surface area contributed by atoms with E-state index >= 15 is 0 Å². The maximum atomic E-state index is 12.3. The predicted molar refractivity (Wildman–Crippen MR) is 79.9 cm³/mol. The Balaban J connectivity index is 1.47. The Hall–Kier alpha value is -1.36. The Morgan fingerprint density at radius 1 is 1.48 bits per heavy atom. The molecule has 3 heterocycles. The van der Waals surface area contributed by atoms with E-state index in [9.17, 15) is 4.79 Å². The van der Waals surface area contributed by atoms with Crippen molar-refractivity contribution in [1.82, 2.24) is 14.5 Å².